The summed E-state index contributed by atoms with van der Waals surface area (Å²) in [7, 11) is 0. The van der Waals surface area contributed by atoms with Crippen LogP contribution in [-0.4, -0.2) is 19.7 Å². The molecule has 0 amide bonds. The second-order valence-electron chi connectivity index (χ2n) is 7.51. The summed E-state index contributed by atoms with van der Waals surface area (Å²) in [5.41, 5.74) is 3.63. The Morgan fingerprint density at radius 1 is 1.10 bits per heavy atom. The molecule has 0 atom stereocenters. The topological polar surface area (TPSA) is 73.8 Å². The van der Waals surface area contributed by atoms with Gasteiger partial charge in [0.25, 0.3) is 5.56 Å². The molecule has 6 nitrogen and oxygen atoms in total. The normalized spacial score (nSPS) is 13.9. The molecule has 5 rings (SSSR count). The first-order valence-electron chi connectivity index (χ1n) is 9.64. The molecule has 4 aromatic rings. The zero-order valence-electron chi connectivity index (χ0n) is 16.3. The highest BCUT2D eigenvalue weighted by Gasteiger charge is 2.29. The van der Waals surface area contributed by atoms with Crippen molar-refractivity contribution in [2.75, 3.05) is 0 Å². The van der Waals surface area contributed by atoms with Gasteiger partial charge in [0.2, 0.25) is 5.89 Å². The Balaban J connectivity index is 1.59. The van der Waals surface area contributed by atoms with Gasteiger partial charge in [0.15, 0.2) is 11.0 Å². The van der Waals surface area contributed by atoms with Crippen molar-refractivity contribution in [2.45, 2.75) is 43.5 Å². The Bertz CT molecular complexity index is 1250. The molecule has 0 saturated heterocycles. The van der Waals surface area contributed by atoms with E-state index in [0.717, 1.165) is 35.5 Å². The third kappa shape index (κ3) is 3.58. The Hall–Kier alpha value is -2.93. The number of hydrogen-bond donors (Lipinski definition) is 0. The number of hydrogen-bond acceptors (Lipinski definition) is 6. The van der Waals surface area contributed by atoms with Gasteiger partial charge in [-0.3, -0.25) is 9.36 Å². The van der Waals surface area contributed by atoms with Gasteiger partial charge >= 0.3 is 0 Å². The molecule has 0 spiro atoms. The van der Waals surface area contributed by atoms with Crippen LogP contribution in [0.5, 0.6) is 0 Å². The van der Waals surface area contributed by atoms with E-state index in [-0.39, 0.29) is 5.56 Å². The summed E-state index contributed by atoms with van der Waals surface area (Å²) in [6, 6.07) is 13.6. The SMILES string of the molecule is Cc1cc(C)cc(-n2c(SCc3noc(C4CC4)n3)nc3ccccc3c2=O)c1. The van der Waals surface area contributed by atoms with E-state index in [9.17, 15) is 4.79 Å². The smallest absolute Gasteiger partial charge is 0.266 e. The minimum atomic E-state index is -0.0742. The number of aryl methyl sites for hydroxylation is 2. The number of nitrogens with zero attached hydrogens (tertiary/aromatic N) is 4. The molecule has 7 heteroatoms. The average molecular weight is 404 g/mol. The summed E-state index contributed by atoms with van der Waals surface area (Å²) in [5, 5.41) is 5.31. The van der Waals surface area contributed by atoms with Crippen molar-refractivity contribution in [1.82, 2.24) is 19.7 Å². The molecular weight excluding hydrogens is 384 g/mol. The lowest BCUT2D eigenvalue weighted by Gasteiger charge is -2.14. The van der Waals surface area contributed by atoms with Gasteiger partial charge in [-0.15, -0.1) is 0 Å². The first kappa shape index (κ1) is 18.1. The van der Waals surface area contributed by atoms with Crippen LogP contribution < -0.4 is 5.56 Å². The fourth-order valence-corrected chi connectivity index (χ4v) is 4.32. The Kier molecular flexibility index (Phi) is 4.47. The highest BCUT2D eigenvalue weighted by atomic mass is 32.2. The van der Waals surface area contributed by atoms with Gasteiger partial charge in [-0.05, 0) is 62.1 Å². The number of thioether (sulfide) groups is 1. The third-order valence-electron chi connectivity index (χ3n) is 4.95. The molecule has 2 aromatic carbocycles. The van der Waals surface area contributed by atoms with E-state index in [0.29, 0.717) is 33.6 Å². The second-order valence-corrected chi connectivity index (χ2v) is 8.45. The van der Waals surface area contributed by atoms with Gasteiger partial charge in [0, 0.05) is 5.92 Å². The van der Waals surface area contributed by atoms with Gasteiger partial charge in [0.1, 0.15) is 0 Å². The van der Waals surface area contributed by atoms with Crippen LogP contribution in [0, 0.1) is 13.8 Å². The first-order valence-corrected chi connectivity index (χ1v) is 10.6. The fourth-order valence-electron chi connectivity index (χ4n) is 3.47. The van der Waals surface area contributed by atoms with Crippen molar-refractivity contribution >= 4 is 22.7 Å². The lowest BCUT2D eigenvalue weighted by molar-refractivity contribution is 0.375. The maximum Gasteiger partial charge on any atom is 0.266 e. The predicted octanol–water partition coefficient (Wildman–Crippen LogP) is 4.56. The van der Waals surface area contributed by atoms with E-state index >= 15 is 0 Å². The van der Waals surface area contributed by atoms with Crippen LogP contribution in [0.15, 0.2) is 56.9 Å². The van der Waals surface area contributed by atoms with Crippen LogP contribution >= 0.6 is 11.8 Å². The van der Waals surface area contributed by atoms with Crippen LogP contribution in [0.3, 0.4) is 0 Å². The van der Waals surface area contributed by atoms with E-state index < -0.39 is 0 Å². The van der Waals surface area contributed by atoms with Gasteiger partial charge < -0.3 is 4.52 Å². The standard InChI is InChI=1S/C22H20N4O2S/c1-13-9-14(2)11-16(10-13)26-21(27)17-5-3-4-6-18(17)23-22(26)29-12-19-24-20(28-25-19)15-7-8-15/h3-6,9-11,15H,7-8,12H2,1-2H3. The van der Waals surface area contributed by atoms with Gasteiger partial charge in [-0.25, -0.2) is 4.98 Å². The van der Waals surface area contributed by atoms with E-state index in [1.807, 2.05) is 50.2 Å². The molecule has 1 aliphatic carbocycles. The molecule has 0 N–H and O–H groups in total. The molecule has 0 aliphatic heterocycles. The van der Waals surface area contributed by atoms with Gasteiger partial charge in [-0.1, -0.05) is 35.1 Å². The van der Waals surface area contributed by atoms with Crippen molar-refractivity contribution in [2.24, 2.45) is 0 Å². The van der Waals surface area contributed by atoms with E-state index in [1.165, 1.54) is 11.8 Å². The van der Waals surface area contributed by atoms with Crippen molar-refractivity contribution in [1.29, 1.82) is 0 Å². The zero-order valence-corrected chi connectivity index (χ0v) is 17.1. The summed E-state index contributed by atoms with van der Waals surface area (Å²) in [5.74, 6) is 2.27. The van der Waals surface area contributed by atoms with Crippen molar-refractivity contribution in [3.05, 3.63) is 75.7 Å². The van der Waals surface area contributed by atoms with Crippen molar-refractivity contribution < 1.29 is 4.52 Å². The summed E-state index contributed by atoms with van der Waals surface area (Å²) < 4.78 is 7.04. The van der Waals surface area contributed by atoms with Gasteiger partial charge in [0.05, 0.1) is 22.3 Å². The summed E-state index contributed by atoms with van der Waals surface area (Å²) in [4.78, 5) is 22.6. The Labute approximate surface area is 172 Å². The first-order chi connectivity index (χ1) is 14.1. The molecule has 1 saturated carbocycles. The third-order valence-corrected chi connectivity index (χ3v) is 5.88. The van der Waals surface area contributed by atoms with Crippen molar-refractivity contribution in [3.8, 4) is 5.69 Å². The maximum absolute atomic E-state index is 13.3. The lowest BCUT2D eigenvalue weighted by Crippen LogP contribution is -2.22. The number of para-hydroxylation sites is 1. The number of fused-ring (bicyclic) bond motifs is 1. The minimum absolute atomic E-state index is 0.0742. The molecule has 146 valence electrons. The molecule has 29 heavy (non-hydrogen) atoms. The molecule has 1 aliphatic rings. The van der Waals surface area contributed by atoms with E-state index in [1.54, 1.807) is 4.57 Å². The molecule has 0 unspecified atom stereocenters. The Morgan fingerprint density at radius 3 is 2.62 bits per heavy atom. The van der Waals surface area contributed by atoms with Crippen LogP contribution in [0.4, 0.5) is 0 Å². The maximum atomic E-state index is 13.3. The highest BCUT2D eigenvalue weighted by molar-refractivity contribution is 7.98. The minimum Gasteiger partial charge on any atom is -0.339 e. The fraction of sp³-hybridized carbons (Fsp3) is 0.273. The Morgan fingerprint density at radius 2 is 1.86 bits per heavy atom. The number of benzene rings is 2. The summed E-state index contributed by atoms with van der Waals surface area (Å²) in [6.07, 6.45) is 2.24. The van der Waals surface area contributed by atoms with E-state index in [2.05, 4.69) is 16.2 Å². The monoisotopic (exact) mass is 404 g/mol. The van der Waals surface area contributed by atoms with Crippen LogP contribution in [0.2, 0.25) is 0 Å². The van der Waals surface area contributed by atoms with Crippen LogP contribution in [0.1, 0.15) is 41.6 Å². The largest absolute Gasteiger partial charge is 0.339 e. The quantitative estimate of drug-likeness (QED) is 0.359. The second kappa shape index (κ2) is 7.15. The average Bonchev–Trinajstić information content (AvgIpc) is 3.44. The van der Waals surface area contributed by atoms with Crippen LogP contribution in [-0.2, 0) is 5.75 Å². The summed E-state index contributed by atoms with van der Waals surface area (Å²) in [6.45, 7) is 4.06. The molecule has 2 aromatic heterocycles. The van der Waals surface area contributed by atoms with E-state index in [4.69, 9.17) is 9.51 Å². The van der Waals surface area contributed by atoms with Gasteiger partial charge in [-0.2, -0.15) is 4.98 Å². The number of aromatic nitrogens is 4. The van der Waals surface area contributed by atoms with Crippen LogP contribution in [0.25, 0.3) is 16.6 Å². The summed E-state index contributed by atoms with van der Waals surface area (Å²) >= 11 is 1.45. The molecule has 0 bridgehead atoms. The molecule has 1 fully saturated rings. The molecule has 0 radical (unpaired) electrons. The molecular formula is C22H20N4O2S. The van der Waals surface area contributed by atoms with Crippen molar-refractivity contribution in [3.63, 3.8) is 0 Å². The lowest BCUT2D eigenvalue weighted by atomic mass is 10.1. The molecule has 2 heterocycles. The number of rotatable bonds is 5. The predicted molar refractivity (Wildman–Crippen MR) is 113 cm³/mol. The highest BCUT2D eigenvalue weighted by Crippen LogP contribution is 2.39. The zero-order chi connectivity index (χ0) is 20.0.